The first-order chi connectivity index (χ1) is 9.40. The van der Waals surface area contributed by atoms with Gasteiger partial charge in [0, 0.05) is 59.1 Å². The fraction of sp³-hybridized carbons (Fsp3) is 0.643. The third-order valence-corrected chi connectivity index (χ3v) is 3.43. The molecule has 1 aromatic heterocycles. The summed E-state index contributed by atoms with van der Waals surface area (Å²) in [5.41, 5.74) is 0. The largest absolute Gasteiger partial charge is 0.383 e. The molecule has 1 N–H and O–H groups in total. The van der Waals surface area contributed by atoms with Gasteiger partial charge in [-0.1, -0.05) is 6.07 Å². The maximum atomic E-state index is 5.01. The Kier molecular flexibility index (Phi) is 6.07. The van der Waals surface area contributed by atoms with E-state index in [1.807, 2.05) is 12.3 Å². The van der Waals surface area contributed by atoms with Gasteiger partial charge in [0.15, 0.2) is 0 Å². The Hall–Kier alpha value is -1.17. The normalized spacial score (nSPS) is 16.8. The maximum absolute atomic E-state index is 5.01. The lowest BCUT2D eigenvalue weighted by Crippen LogP contribution is -2.48. The van der Waals surface area contributed by atoms with Gasteiger partial charge in [0.05, 0.1) is 6.61 Å². The van der Waals surface area contributed by atoms with Crippen LogP contribution in [0.2, 0.25) is 0 Å². The Labute approximate surface area is 115 Å². The molecule has 1 aliphatic heterocycles. The fourth-order valence-electron chi connectivity index (χ4n) is 2.28. The Morgan fingerprint density at radius 2 is 2.05 bits per heavy atom. The molecule has 5 nitrogen and oxygen atoms in total. The number of anilines is 1. The van der Waals surface area contributed by atoms with Crippen LogP contribution in [-0.4, -0.2) is 69.4 Å². The molecule has 1 saturated heterocycles. The van der Waals surface area contributed by atoms with E-state index in [1.54, 1.807) is 7.11 Å². The van der Waals surface area contributed by atoms with E-state index < -0.39 is 0 Å². The minimum absolute atomic E-state index is 0.785. The molecule has 0 aromatic carbocycles. The molecule has 1 fully saturated rings. The van der Waals surface area contributed by atoms with Crippen molar-refractivity contribution in [1.82, 2.24) is 15.2 Å². The van der Waals surface area contributed by atoms with E-state index in [2.05, 4.69) is 32.2 Å². The summed E-state index contributed by atoms with van der Waals surface area (Å²) >= 11 is 0. The molecular formula is C14H24N4O. The van der Waals surface area contributed by atoms with Gasteiger partial charge < -0.3 is 15.0 Å². The van der Waals surface area contributed by atoms with Gasteiger partial charge in [-0.25, -0.2) is 4.98 Å². The number of methoxy groups -OCH3 is 1. The van der Waals surface area contributed by atoms with Crippen LogP contribution in [0.25, 0.3) is 0 Å². The predicted octanol–water partition coefficient (Wildman–Crippen LogP) is 0.440. The van der Waals surface area contributed by atoms with Gasteiger partial charge in [0.2, 0.25) is 0 Å². The first-order valence-corrected chi connectivity index (χ1v) is 6.98. The minimum Gasteiger partial charge on any atom is -0.383 e. The van der Waals surface area contributed by atoms with Crippen molar-refractivity contribution in [2.45, 2.75) is 0 Å². The summed E-state index contributed by atoms with van der Waals surface area (Å²) in [6.07, 6.45) is 1.86. The number of hydrogen-bond acceptors (Lipinski definition) is 5. The Bertz CT molecular complexity index is 339. The Morgan fingerprint density at radius 3 is 2.74 bits per heavy atom. The van der Waals surface area contributed by atoms with Gasteiger partial charge in [-0.15, -0.1) is 0 Å². The molecule has 0 bridgehead atoms. The lowest BCUT2D eigenvalue weighted by atomic mass is 10.3. The number of pyridine rings is 1. The molecule has 1 aromatic rings. The number of hydrogen-bond donors (Lipinski definition) is 1. The van der Waals surface area contributed by atoms with Crippen molar-refractivity contribution in [3.63, 3.8) is 0 Å². The second-order valence-corrected chi connectivity index (χ2v) is 4.76. The topological polar surface area (TPSA) is 40.6 Å². The predicted molar refractivity (Wildman–Crippen MR) is 77.6 cm³/mol. The van der Waals surface area contributed by atoms with Gasteiger partial charge in [-0.2, -0.15) is 0 Å². The summed E-state index contributed by atoms with van der Waals surface area (Å²) in [7, 11) is 1.73. The van der Waals surface area contributed by atoms with Crippen molar-refractivity contribution in [3.05, 3.63) is 24.4 Å². The molecule has 2 heterocycles. The molecule has 0 aliphatic carbocycles. The number of nitrogens with one attached hydrogen (secondary N) is 1. The van der Waals surface area contributed by atoms with E-state index in [0.717, 1.165) is 58.2 Å². The highest BCUT2D eigenvalue weighted by Crippen LogP contribution is 2.11. The van der Waals surface area contributed by atoms with Crippen molar-refractivity contribution >= 4 is 5.82 Å². The highest BCUT2D eigenvalue weighted by Gasteiger charge is 2.16. The number of nitrogens with zero attached hydrogens (tertiary/aromatic N) is 3. The van der Waals surface area contributed by atoms with Crippen molar-refractivity contribution in [2.75, 3.05) is 64.4 Å². The third kappa shape index (κ3) is 4.78. The van der Waals surface area contributed by atoms with E-state index in [-0.39, 0.29) is 0 Å². The van der Waals surface area contributed by atoms with E-state index >= 15 is 0 Å². The minimum atomic E-state index is 0.785. The van der Waals surface area contributed by atoms with Crippen LogP contribution in [0.5, 0.6) is 0 Å². The molecule has 0 radical (unpaired) electrons. The molecule has 0 amide bonds. The second-order valence-electron chi connectivity index (χ2n) is 4.76. The smallest absolute Gasteiger partial charge is 0.128 e. The molecule has 19 heavy (non-hydrogen) atoms. The molecule has 1 aliphatic rings. The summed E-state index contributed by atoms with van der Waals surface area (Å²) in [5, 5.41) is 3.38. The SMILES string of the molecule is COCCNCCN1CCN(c2ccccn2)CC1. The van der Waals surface area contributed by atoms with Crippen LogP contribution in [-0.2, 0) is 4.74 Å². The third-order valence-electron chi connectivity index (χ3n) is 3.43. The molecular weight excluding hydrogens is 240 g/mol. The van der Waals surface area contributed by atoms with Crippen LogP contribution in [0, 0.1) is 0 Å². The molecule has 5 heteroatoms. The summed E-state index contributed by atoms with van der Waals surface area (Å²) in [6.45, 7) is 8.22. The number of aromatic nitrogens is 1. The van der Waals surface area contributed by atoms with E-state index in [1.165, 1.54) is 0 Å². The highest BCUT2D eigenvalue weighted by atomic mass is 16.5. The number of piperazine rings is 1. The van der Waals surface area contributed by atoms with Gasteiger partial charge in [-0.3, -0.25) is 4.90 Å². The summed E-state index contributed by atoms with van der Waals surface area (Å²) in [4.78, 5) is 9.26. The Morgan fingerprint density at radius 1 is 1.21 bits per heavy atom. The average Bonchev–Trinajstić information content (AvgIpc) is 2.49. The van der Waals surface area contributed by atoms with Crippen molar-refractivity contribution in [1.29, 1.82) is 0 Å². The maximum Gasteiger partial charge on any atom is 0.128 e. The number of rotatable bonds is 7. The zero-order valence-electron chi connectivity index (χ0n) is 11.7. The molecule has 2 rings (SSSR count). The second kappa shape index (κ2) is 8.09. The van der Waals surface area contributed by atoms with E-state index in [0.29, 0.717) is 0 Å². The van der Waals surface area contributed by atoms with E-state index in [9.17, 15) is 0 Å². The van der Waals surface area contributed by atoms with Crippen LogP contribution in [0.1, 0.15) is 0 Å². The van der Waals surface area contributed by atoms with Crippen LogP contribution < -0.4 is 10.2 Å². The van der Waals surface area contributed by atoms with Crippen LogP contribution in [0.4, 0.5) is 5.82 Å². The first-order valence-electron chi connectivity index (χ1n) is 6.98. The van der Waals surface area contributed by atoms with Crippen molar-refractivity contribution in [3.8, 4) is 0 Å². The zero-order valence-corrected chi connectivity index (χ0v) is 11.7. The van der Waals surface area contributed by atoms with Gasteiger partial charge in [0.1, 0.15) is 5.82 Å². The lowest BCUT2D eigenvalue weighted by molar-refractivity contribution is 0.195. The quantitative estimate of drug-likeness (QED) is 0.724. The van der Waals surface area contributed by atoms with Gasteiger partial charge >= 0.3 is 0 Å². The standard InChI is InChI=1S/C14H24N4O/c1-19-13-7-15-6-8-17-9-11-18(12-10-17)14-4-2-3-5-16-14/h2-5,15H,6-13H2,1H3. The van der Waals surface area contributed by atoms with Crippen molar-refractivity contribution < 1.29 is 4.74 Å². The van der Waals surface area contributed by atoms with Crippen LogP contribution >= 0.6 is 0 Å². The van der Waals surface area contributed by atoms with E-state index in [4.69, 9.17) is 4.74 Å². The van der Waals surface area contributed by atoms with Crippen molar-refractivity contribution in [2.24, 2.45) is 0 Å². The van der Waals surface area contributed by atoms with Crippen LogP contribution in [0.3, 0.4) is 0 Å². The summed E-state index contributed by atoms with van der Waals surface area (Å²) in [5.74, 6) is 1.10. The fourth-order valence-corrected chi connectivity index (χ4v) is 2.28. The van der Waals surface area contributed by atoms with Gasteiger partial charge in [-0.05, 0) is 12.1 Å². The molecule has 0 atom stereocenters. The molecule has 0 unspecified atom stereocenters. The molecule has 106 valence electrons. The monoisotopic (exact) mass is 264 g/mol. The first kappa shape index (κ1) is 14.2. The summed E-state index contributed by atoms with van der Waals surface area (Å²) < 4.78 is 5.01. The van der Waals surface area contributed by atoms with Crippen LogP contribution in [0.15, 0.2) is 24.4 Å². The highest BCUT2D eigenvalue weighted by molar-refractivity contribution is 5.38. The molecule has 0 spiro atoms. The Balaban J connectivity index is 1.63. The number of ether oxygens (including phenoxy) is 1. The van der Waals surface area contributed by atoms with Gasteiger partial charge in [0.25, 0.3) is 0 Å². The average molecular weight is 264 g/mol. The summed E-state index contributed by atoms with van der Waals surface area (Å²) in [6, 6.07) is 6.10. The molecule has 0 saturated carbocycles. The lowest BCUT2D eigenvalue weighted by Gasteiger charge is -2.35. The zero-order chi connectivity index (χ0) is 13.3.